The average molecular weight is 254 g/mol. The number of nitrogens with one attached hydrogen (secondary N) is 1. The van der Waals surface area contributed by atoms with Gasteiger partial charge in [-0.1, -0.05) is 0 Å². The number of piperidine rings is 2. The summed E-state index contributed by atoms with van der Waals surface area (Å²) in [5.41, 5.74) is -0.398. The molecule has 2 rings (SSSR count). The minimum Gasteiger partial charge on any atom is -0.444 e. The third-order valence-electron chi connectivity index (χ3n) is 3.99. The van der Waals surface area contributed by atoms with E-state index >= 15 is 0 Å². The van der Waals surface area contributed by atoms with Crippen LogP contribution in [0.2, 0.25) is 0 Å². The molecule has 1 amide bonds. The molecular formula is C14H26N2O2. The van der Waals surface area contributed by atoms with Crippen LogP contribution in [0.4, 0.5) is 4.79 Å². The number of carbonyl (C=O) groups is 1. The molecule has 0 radical (unpaired) electrons. The fourth-order valence-corrected chi connectivity index (χ4v) is 3.23. The largest absolute Gasteiger partial charge is 0.444 e. The molecular weight excluding hydrogens is 228 g/mol. The first kappa shape index (κ1) is 13.7. The zero-order valence-electron chi connectivity index (χ0n) is 12.0. The summed E-state index contributed by atoms with van der Waals surface area (Å²) in [5.74, 6) is 0. The summed E-state index contributed by atoms with van der Waals surface area (Å²) in [5, 5.41) is 3.36. The summed E-state index contributed by atoms with van der Waals surface area (Å²) in [6.45, 7) is 5.79. The van der Waals surface area contributed by atoms with E-state index < -0.39 is 5.60 Å². The predicted molar refractivity (Wildman–Crippen MR) is 71.6 cm³/mol. The second-order valence-corrected chi connectivity index (χ2v) is 6.58. The lowest BCUT2D eigenvalue weighted by atomic mass is 9.82. The summed E-state index contributed by atoms with van der Waals surface area (Å²) >= 11 is 0. The quantitative estimate of drug-likeness (QED) is 0.782. The van der Waals surface area contributed by atoms with Crippen molar-refractivity contribution in [1.82, 2.24) is 10.2 Å². The molecule has 2 heterocycles. The molecule has 0 saturated carbocycles. The monoisotopic (exact) mass is 254 g/mol. The summed E-state index contributed by atoms with van der Waals surface area (Å²) in [7, 11) is 2.02. The number of hydrogen-bond donors (Lipinski definition) is 1. The second-order valence-electron chi connectivity index (χ2n) is 6.58. The van der Waals surface area contributed by atoms with Crippen LogP contribution in [-0.4, -0.2) is 41.8 Å². The highest BCUT2D eigenvalue weighted by molar-refractivity contribution is 5.69. The Morgan fingerprint density at radius 1 is 1.22 bits per heavy atom. The smallest absolute Gasteiger partial charge is 0.410 e. The molecule has 2 aliphatic heterocycles. The first-order valence-corrected chi connectivity index (χ1v) is 7.09. The Labute approximate surface area is 110 Å². The number of ether oxygens (including phenoxy) is 1. The fraction of sp³-hybridized carbons (Fsp3) is 0.929. The van der Waals surface area contributed by atoms with Crippen LogP contribution in [0.1, 0.15) is 52.9 Å². The van der Waals surface area contributed by atoms with Crippen molar-refractivity contribution in [1.29, 1.82) is 0 Å². The molecule has 1 N–H and O–H groups in total. The molecule has 2 fully saturated rings. The van der Waals surface area contributed by atoms with Gasteiger partial charge in [-0.05, 0) is 59.9 Å². The van der Waals surface area contributed by atoms with E-state index in [1.165, 1.54) is 6.42 Å². The highest BCUT2D eigenvalue weighted by Gasteiger charge is 2.42. The second kappa shape index (κ2) is 5.08. The van der Waals surface area contributed by atoms with Gasteiger partial charge in [-0.3, -0.25) is 0 Å². The molecule has 2 aliphatic rings. The summed E-state index contributed by atoms with van der Waals surface area (Å²) in [6.07, 6.45) is 5.48. The normalized spacial score (nSPS) is 32.2. The van der Waals surface area contributed by atoms with Gasteiger partial charge in [0.25, 0.3) is 0 Å². The first-order valence-electron chi connectivity index (χ1n) is 7.09. The van der Waals surface area contributed by atoms with Gasteiger partial charge in [0.15, 0.2) is 0 Å². The van der Waals surface area contributed by atoms with Crippen LogP contribution in [0.3, 0.4) is 0 Å². The molecule has 2 bridgehead atoms. The van der Waals surface area contributed by atoms with Crippen LogP contribution >= 0.6 is 0 Å². The predicted octanol–water partition coefficient (Wildman–Crippen LogP) is 2.53. The van der Waals surface area contributed by atoms with Gasteiger partial charge < -0.3 is 15.0 Å². The zero-order valence-corrected chi connectivity index (χ0v) is 12.0. The van der Waals surface area contributed by atoms with Crippen molar-refractivity contribution in [2.45, 2.75) is 76.6 Å². The van der Waals surface area contributed by atoms with Gasteiger partial charge in [-0.15, -0.1) is 0 Å². The van der Waals surface area contributed by atoms with Crippen molar-refractivity contribution in [3.63, 3.8) is 0 Å². The minimum absolute atomic E-state index is 0.119. The molecule has 4 heteroatoms. The van der Waals surface area contributed by atoms with Gasteiger partial charge in [0.05, 0.1) is 0 Å². The maximum Gasteiger partial charge on any atom is 0.410 e. The van der Waals surface area contributed by atoms with E-state index in [0.717, 1.165) is 25.7 Å². The van der Waals surface area contributed by atoms with Crippen molar-refractivity contribution in [3.05, 3.63) is 0 Å². The molecule has 2 saturated heterocycles. The van der Waals surface area contributed by atoms with Crippen LogP contribution in [0.25, 0.3) is 0 Å². The fourth-order valence-electron chi connectivity index (χ4n) is 3.23. The van der Waals surface area contributed by atoms with Crippen molar-refractivity contribution in [3.8, 4) is 0 Å². The van der Waals surface area contributed by atoms with Gasteiger partial charge in [-0.25, -0.2) is 4.79 Å². The van der Waals surface area contributed by atoms with Crippen molar-refractivity contribution in [2.75, 3.05) is 7.05 Å². The van der Waals surface area contributed by atoms with E-state index in [-0.39, 0.29) is 6.09 Å². The number of hydrogen-bond acceptors (Lipinski definition) is 3. The maximum atomic E-state index is 12.3. The lowest BCUT2D eigenvalue weighted by molar-refractivity contribution is -0.0229. The number of fused-ring (bicyclic) bond motifs is 2. The molecule has 3 atom stereocenters. The number of nitrogens with zero attached hydrogens (tertiary/aromatic N) is 1. The number of amides is 1. The lowest BCUT2D eigenvalue weighted by Gasteiger charge is -2.48. The van der Waals surface area contributed by atoms with E-state index in [4.69, 9.17) is 4.74 Å². The molecule has 0 unspecified atom stereocenters. The van der Waals surface area contributed by atoms with E-state index in [9.17, 15) is 4.79 Å². The number of carbonyl (C=O) groups excluding carboxylic acids is 1. The van der Waals surface area contributed by atoms with E-state index in [0.29, 0.717) is 18.1 Å². The van der Waals surface area contributed by atoms with Crippen LogP contribution < -0.4 is 5.32 Å². The van der Waals surface area contributed by atoms with Gasteiger partial charge in [0.2, 0.25) is 0 Å². The van der Waals surface area contributed by atoms with Crippen molar-refractivity contribution in [2.24, 2.45) is 0 Å². The highest BCUT2D eigenvalue weighted by atomic mass is 16.6. The molecule has 0 aromatic heterocycles. The van der Waals surface area contributed by atoms with Crippen LogP contribution in [0.15, 0.2) is 0 Å². The lowest BCUT2D eigenvalue weighted by Crippen LogP contribution is -2.58. The Hall–Kier alpha value is -0.770. The van der Waals surface area contributed by atoms with Gasteiger partial charge in [0, 0.05) is 18.1 Å². The third kappa shape index (κ3) is 2.97. The van der Waals surface area contributed by atoms with Gasteiger partial charge in [0.1, 0.15) is 5.60 Å². The molecule has 4 nitrogen and oxygen atoms in total. The Morgan fingerprint density at radius 3 is 2.22 bits per heavy atom. The van der Waals surface area contributed by atoms with Crippen molar-refractivity contribution < 1.29 is 9.53 Å². The van der Waals surface area contributed by atoms with Crippen molar-refractivity contribution >= 4 is 6.09 Å². The minimum atomic E-state index is -0.398. The summed E-state index contributed by atoms with van der Waals surface area (Å²) < 4.78 is 5.55. The highest BCUT2D eigenvalue weighted by Crippen LogP contribution is 2.35. The number of rotatable bonds is 1. The SMILES string of the molecule is CN[C@H]1C[C@H]2CCC[C@@H](C1)N2C(=O)OC(C)(C)C. The summed E-state index contributed by atoms with van der Waals surface area (Å²) in [6, 6.07) is 1.29. The molecule has 104 valence electrons. The first-order chi connectivity index (χ1) is 8.40. The van der Waals surface area contributed by atoms with E-state index in [2.05, 4.69) is 5.32 Å². The average Bonchev–Trinajstić information content (AvgIpc) is 2.24. The summed E-state index contributed by atoms with van der Waals surface area (Å²) in [4.78, 5) is 14.3. The molecule has 0 aromatic rings. The topological polar surface area (TPSA) is 41.6 Å². The van der Waals surface area contributed by atoms with Gasteiger partial charge >= 0.3 is 6.09 Å². The standard InChI is InChI=1S/C14H26N2O2/c1-14(2,3)18-13(17)16-11-6-5-7-12(16)9-10(8-11)15-4/h10-12,15H,5-9H2,1-4H3/t10-,11+,12-. The van der Waals surface area contributed by atoms with Gasteiger partial charge in [-0.2, -0.15) is 0 Å². The van der Waals surface area contributed by atoms with Crippen LogP contribution in [-0.2, 0) is 4.74 Å². The van der Waals surface area contributed by atoms with Crippen LogP contribution in [0, 0.1) is 0 Å². The maximum absolute atomic E-state index is 12.3. The van der Waals surface area contributed by atoms with Crippen LogP contribution in [0.5, 0.6) is 0 Å². The zero-order chi connectivity index (χ0) is 13.3. The molecule has 0 aromatic carbocycles. The van der Waals surface area contributed by atoms with E-state index in [1.807, 2.05) is 32.7 Å². The Balaban J connectivity index is 2.06. The molecule has 18 heavy (non-hydrogen) atoms. The Morgan fingerprint density at radius 2 is 1.78 bits per heavy atom. The molecule has 0 spiro atoms. The Bertz CT molecular complexity index is 297. The Kier molecular flexibility index (Phi) is 3.85. The van der Waals surface area contributed by atoms with E-state index in [1.54, 1.807) is 0 Å². The third-order valence-corrected chi connectivity index (χ3v) is 3.99. The molecule has 0 aliphatic carbocycles.